The van der Waals surface area contributed by atoms with Crippen LogP contribution in [0.2, 0.25) is 0 Å². The van der Waals surface area contributed by atoms with Gasteiger partial charge in [0.2, 0.25) is 5.82 Å². The maximum Gasteiger partial charge on any atom is 0.449 e. The monoisotopic (exact) mass is 398 g/mol. The zero-order valence-corrected chi connectivity index (χ0v) is 15.2. The molecule has 0 saturated carbocycles. The highest BCUT2D eigenvalue weighted by Gasteiger charge is 2.35. The fraction of sp³-hybridized carbons (Fsp3) is 0.238. The summed E-state index contributed by atoms with van der Waals surface area (Å²) in [5.41, 5.74) is 3.89. The lowest BCUT2D eigenvalue weighted by atomic mass is 9.91. The SMILES string of the molecule is O=C(NC1CCCc2c1[nH]c1ccccc21)c1ccc2[nH]c(C(F)(F)F)nc2c1. The minimum atomic E-state index is -4.56. The number of rotatable bonds is 2. The minimum absolute atomic E-state index is 0.111. The van der Waals surface area contributed by atoms with Crippen LogP contribution in [0.15, 0.2) is 42.5 Å². The molecular weight excluding hydrogens is 381 g/mol. The van der Waals surface area contributed by atoms with Crippen molar-refractivity contribution in [3.05, 3.63) is 65.1 Å². The summed E-state index contributed by atoms with van der Waals surface area (Å²) in [6.45, 7) is 0. The Bertz CT molecular complexity index is 1240. The molecule has 8 heteroatoms. The van der Waals surface area contributed by atoms with Gasteiger partial charge in [0.25, 0.3) is 5.91 Å². The molecule has 148 valence electrons. The van der Waals surface area contributed by atoms with Gasteiger partial charge in [-0.2, -0.15) is 13.2 Å². The molecule has 1 atom stereocenters. The highest BCUT2D eigenvalue weighted by molar-refractivity contribution is 5.97. The van der Waals surface area contributed by atoms with Gasteiger partial charge in [0.15, 0.2) is 0 Å². The van der Waals surface area contributed by atoms with Crippen molar-refractivity contribution in [2.45, 2.75) is 31.5 Å². The molecule has 1 amide bonds. The topological polar surface area (TPSA) is 73.6 Å². The van der Waals surface area contributed by atoms with Crippen LogP contribution in [-0.4, -0.2) is 20.9 Å². The average molecular weight is 398 g/mol. The van der Waals surface area contributed by atoms with Crippen molar-refractivity contribution < 1.29 is 18.0 Å². The van der Waals surface area contributed by atoms with Gasteiger partial charge < -0.3 is 15.3 Å². The average Bonchev–Trinajstić information content (AvgIpc) is 3.29. The molecule has 0 saturated heterocycles. The standard InChI is InChI=1S/C21H17F3N4O/c22-21(23,24)20-27-15-9-8-11(10-17(15)28-20)19(29)26-16-7-3-5-13-12-4-1-2-6-14(12)25-18(13)16/h1-2,4,6,8-10,16,25H,3,5,7H2,(H,26,29)(H,27,28). The second-order valence-electron chi connectivity index (χ2n) is 7.30. The Morgan fingerprint density at radius 1 is 1.10 bits per heavy atom. The van der Waals surface area contributed by atoms with E-state index in [4.69, 9.17) is 0 Å². The van der Waals surface area contributed by atoms with Crippen LogP contribution >= 0.6 is 0 Å². The number of nitrogens with zero attached hydrogens (tertiary/aromatic N) is 1. The third kappa shape index (κ3) is 3.04. The summed E-state index contributed by atoms with van der Waals surface area (Å²) >= 11 is 0. The number of benzene rings is 2. The Hall–Kier alpha value is -3.29. The fourth-order valence-corrected chi connectivity index (χ4v) is 4.08. The van der Waals surface area contributed by atoms with Crippen molar-refractivity contribution in [2.24, 2.45) is 0 Å². The second-order valence-corrected chi connectivity index (χ2v) is 7.30. The van der Waals surface area contributed by atoms with Gasteiger partial charge in [-0.3, -0.25) is 4.79 Å². The maximum absolute atomic E-state index is 12.8. The largest absolute Gasteiger partial charge is 0.449 e. The molecule has 0 radical (unpaired) electrons. The van der Waals surface area contributed by atoms with Gasteiger partial charge in [0.1, 0.15) is 0 Å². The lowest BCUT2D eigenvalue weighted by molar-refractivity contribution is -0.144. The van der Waals surface area contributed by atoms with Crippen molar-refractivity contribution >= 4 is 27.8 Å². The highest BCUT2D eigenvalue weighted by Crippen LogP contribution is 2.35. The third-order valence-electron chi connectivity index (χ3n) is 5.43. The maximum atomic E-state index is 12.8. The number of para-hydroxylation sites is 1. The Morgan fingerprint density at radius 3 is 2.76 bits per heavy atom. The smallest absolute Gasteiger partial charge is 0.356 e. The summed E-state index contributed by atoms with van der Waals surface area (Å²) in [6.07, 6.45) is -1.86. The molecule has 0 spiro atoms. The number of hydrogen-bond acceptors (Lipinski definition) is 2. The van der Waals surface area contributed by atoms with Crippen LogP contribution in [0.1, 0.15) is 46.3 Å². The molecule has 5 rings (SSSR count). The Balaban J connectivity index is 1.44. The normalized spacial score (nSPS) is 16.9. The van der Waals surface area contributed by atoms with Crippen LogP contribution < -0.4 is 5.32 Å². The highest BCUT2D eigenvalue weighted by atomic mass is 19.4. The molecule has 4 aromatic rings. The molecule has 0 bridgehead atoms. The molecule has 1 aliphatic rings. The van der Waals surface area contributed by atoms with Gasteiger partial charge in [-0.1, -0.05) is 18.2 Å². The number of amides is 1. The van der Waals surface area contributed by atoms with Crippen LogP contribution in [0.5, 0.6) is 0 Å². The summed E-state index contributed by atoms with van der Waals surface area (Å²) in [7, 11) is 0. The van der Waals surface area contributed by atoms with E-state index < -0.39 is 12.0 Å². The number of carbonyl (C=O) groups excluding carboxylic acids is 1. The molecule has 5 nitrogen and oxygen atoms in total. The predicted octanol–water partition coefficient (Wildman–Crippen LogP) is 4.87. The molecule has 1 unspecified atom stereocenters. The zero-order valence-electron chi connectivity index (χ0n) is 15.2. The molecule has 29 heavy (non-hydrogen) atoms. The van der Waals surface area contributed by atoms with E-state index in [2.05, 4.69) is 26.3 Å². The number of aromatic nitrogens is 3. The van der Waals surface area contributed by atoms with E-state index in [1.165, 1.54) is 29.1 Å². The van der Waals surface area contributed by atoms with Gasteiger partial charge in [-0.15, -0.1) is 0 Å². The number of imidazole rings is 1. The molecule has 2 aromatic carbocycles. The number of alkyl halides is 3. The molecule has 0 aliphatic heterocycles. The van der Waals surface area contributed by atoms with Crippen LogP contribution in [-0.2, 0) is 12.6 Å². The Kier molecular flexibility index (Phi) is 3.90. The first-order valence-electron chi connectivity index (χ1n) is 9.37. The first-order valence-corrected chi connectivity index (χ1v) is 9.37. The van der Waals surface area contributed by atoms with E-state index in [0.29, 0.717) is 0 Å². The van der Waals surface area contributed by atoms with Crippen LogP contribution in [0.4, 0.5) is 13.2 Å². The first kappa shape index (κ1) is 17.8. The van der Waals surface area contributed by atoms with Crippen LogP contribution in [0.25, 0.3) is 21.9 Å². The number of nitrogens with one attached hydrogen (secondary N) is 3. The summed E-state index contributed by atoms with van der Waals surface area (Å²) in [4.78, 5) is 22.0. The van der Waals surface area contributed by atoms with E-state index in [0.717, 1.165) is 30.5 Å². The second kappa shape index (κ2) is 6.37. The molecular formula is C21H17F3N4O. The summed E-state index contributed by atoms with van der Waals surface area (Å²) in [6, 6.07) is 12.2. The van der Waals surface area contributed by atoms with Crippen LogP contribution in [0, 0.1) is 0 Å². The number of H-pyrrole nitrogens is 2. The van der Waals surface area contributed by atoms with Gasteiger partial charge in [-0.05, 0) is 49.1 Å². The quantitative estimate of drug-likeness (QED) is 0.451. The van der Waals surface area contributed by atoms with Crippen molar-refractivity contribution in [2.75, 3.05) is 0 Å². The van der Waals surface area contributed by atoms with E-state index in [1.54, 1.807) is 0 Å². The molecule has 2 heterocycles. The van der Waals surface area contributed by atoms with Gasteiger partial charge in [-0.25, -0.2) is 4.98 Å². The number of aryl methyl sites for hydroxylation is 1. The van der Waals surface area contributed by atoms with E-state index in [1.807, 2.05) is 18.2 Å². The van der Waals surface area contributed by atoms with E-state index in [9.17, 15) is 18.0 Å². The first-order chi connectivity index (χ1) is 13.9. The van der Waals surface area contributed by atoms with Gasteiger partial charge in [0, 0.05) is 22.2 Å². The summed E-state index contributed by atoms with van der Waals surface area (Å²) in [5.74, 6) is -1.40. The fourth-order valence-electron chi connectivity index (χ4n) is 4.08. The number of hydrogen-bond donors (Lipinski definition) is 3. The number of fused-ring (bicyclic) bond motifs is 4. The Morgan fingerprint density at radius 2 is 1.93 bits per heavy atom. The lowest BCUT2D eigenvalue weighted by Crippen LogP contribution is -2.31. The van der Waals surface area contributed by atoms with Crippen molar-refractivity contribution in [3.63, 3.8) is 0 Å². The number of carbonyl (C=O) groups is 1. The zero-order chi connectivity index (χ0) is 20.2. The molecule has 3 N–H and O–H groups in total. The Labute approximate surface area is 163 Å². The minimum Gasteiger partial charge on any atom is -0.356 e. The molecule has 2 aromatic heterocycles. The predicted molar refractivity (Wildman–Crippen MR) is 103 cm³/mol. The van der Waals surface area contributed by atoms with E-state index >= 15 is 0 Å². The van der Waals surface area contributed by atoms with Crippen molar-refractivity contribution in [1.29, 1.82) is 0 Å². The van der Waals surface area contributed by atoms with Gasteiger partial charge >= 0.3 is 6.18 Å². The summed E-state index contributed by atoms with van der Waals surface area (Å²) < 4.78 is 38.5. The van der Waals surface area contributed by atoms with Gasteiger partial charge in [0.05, 0.1) is 17.1 Å². The summed E-state index contributed by atoms with van der Waals surface area (Å²) in [5, 5.41) is 4.19. The number of aromatic amines is 2. The molecule has 1 aliphatic carbocycles. The third-order valence-corrected chi connectivity index (χ3v) is 5.43. The van der Waals surface area contributed by atoms with Crippen molar-refractivity contribution in [1.82, 2.24) is 20.3 Å². The molecule has 0 fully saturated rings. The van der Waals surface area contributed by atoms with Crippen molar-refractivity contribution in [3.8, 4) is 0 Å². The van der Waals surface area contributed by atoms with E-state index in [-0.39, 0.29) is 28.5 Å². The lowest BCUT2D eigenvalue weighted by Gasteiger charge is -2.24. The van der Waals surface area contributed by atoms with Crippen LogP contribution in [0.3, 0.4) is 0 Å². The number of halogens is 3.